The van der Waals surface area contributed by atoms with Crippen molar-refractivity contribution in [2.24, 2.45) is 0 Å². The van der Waals surface area contributed by atoms with Crippen LogP contribution in [0, 0.1) is 0 Å². The Hall–Kier alpha value is -1.50. The van der Waals surface area contributed by atoms with Gasteiger partial charge in [-0.05, 0) is 29.7 Å². The summed E-state index contributed by atoms with van der Waals surface area (Å²) in [5.74, 6) is 0.755. The van der Waals surface area contributed by atoms with E-state index in [1.807, 2.05) is 7.05 Å². The lowest BCUT2D eigenvalue weighted by molar-refractivity contribution is 0.444. The van der Waals surface area contributed by atoms with Crippen LogP contribution in [0.5, 0.6) is 0 Å². The summed E-state index contributed by atoms with van der Waals surface area (Å²) in [6.45, 7) is 0. The summed E-state index contributed by atoms with van der Waals surface area (Å²) in [6.07, 6.45) is 6.90. The molecular weight excluding hydrogens is 218 g/mol. The fourth-order valence-electron chi connectivity index (χ4n) is 3.32. The number of nitrogens with one attached hydrogen (secondary N) is 1. The molecule has 0 radical (unpaired) electrons. The first kappa shape index (κ1) is 11.6. The molecule has 0 spiro atoms. The van der Waals surface area contributed by atoms with Crippen LogP contribution in [0.25, 0.3) is 10.8 Å². The van der Waals surface area contributed by atoms with Gasteiger partial charge < -0.3 is 5.32 Å². The molecule has 0 aliphatic heterocycles. The van der Waals surface area contributed by atoms with Crippen molar-refractivity contribution in [2.75, 3.05) is 12.4 Å². The smallest absolute Gasteiger partial charge is 0.0452 e. The molecule has 1 fully saturated rings. The lowest BCUT2D eigenvalue weighted by Gasteiger charge is -2.25. The molecule has 0 heterocycles. The van der Waals surface area contributed by atoms with E-state index in [-0.39, 0.29) is 0 Å². The topological polar surface area (TPSA) is 12.0 Å². The van der Waals surface area contributed by atoms with Gasteiger partial charge in [0.2, 0.25) is 0 Å². The summed E-state index contributed by atoms with van der Waals surface area (Å²) in [6, 6.07) is 13.3. The molecule has 2 aromatic rings. The summed E-state index contributed by atoms with van der Waals surface area (Å²) in [4.78, 5) is 0. The van der Waals surface area contributed by atoms with Gasteiger partial charge in [-0.2, -0.15) is 0 Å². The fraction of sp³-hybridized carbons (Fsp3) is 0.412. The van der Waals surface area contributed by atoms with Gasteiger partial charge in [-0.25, -0.2) is 0 Å². The second-order valence-electron chi connectivity index (χ2n) is 5.34. The van der Waals surface area contributed by atoms with Gasteiger partial charge in [0.1, 0.15) is 0 Å². The van der Waals surface area contributed by atoms with Crippen molar-refractivity contribution < 1.29 is 0 Å². The summed E-state index contributed by atoms with van der Waals surface area (Å²) >= 11 is 0. The molecule has 1 saturated carbocycles. The van der Waals surface area contributed by atoms with Crippen molar-refractivity contribution in [3.8, 4) is 0 Å². The molecule has 1 N–H and O–H groups in total. The van der Waals surface area contributed by atoms with Gasteiger partial charge in [-0.1, -0.05) is 55.7 Å². The van der Waals surface area contributed by atoms with Crippen LogP contribution < -0.4 is 5.32 Å². The van der Waals surface area contributed by atoms with Crippen LogP contribution in [0.15, 0.2) is 36.4 Å². The lowest BCUT2D eigenvalue weighted by Crippen LogP contribution is -2.07. The van der Waals surface area contributed by atoms with E-state index in [1.165, 1.54) is 54.1 Å². The predicted molar refractivity (Wildman–Crippen MR) is 79.3 cm³/mol. The number of fused-ring (bicyclic) bond motifs is 1. The zero-order chi connectivity index (χ0) is 12.4. The lowest BCUT2D eigenvalue weighted by atomic mass is 9.82. The third-order valence-corrected chi connectivity index (χ3v) is 4.26. The number of rotatable bonds is 2. The Morgan fingerprint density at radius 3 is 2.50 bits per heavy atom. The standard InChI is InChI=1S/C17H21N/c1-18-17-15-10-6-5-9-14(15)11-12-16(17)13-7-3-2-4-8-13/h5-6,9-13,18H,2-4,7-8H2,1H3. The quantitative estimate of drug-likeness (QED) is 0.783. The molecular formula is C17H21N. The van der Waals surface area contributed by atoms with Crippen LogP contribution in [-0.4, -0.2) is 7.05 Å². The van der Waals surface area contributed by atoms with Gasteiger partial charge in [0, 0.05) is 18.1 Å². The van der Waals surface area contributed by atoms with Gasteiger partial charge in [0.05, 0.1) is 0 Å². The van der Waals surface area contributed by atoms with Gasteiger partial charge >= 0.3 is 0 Å². The zero-order valence-corrected chi connectivity index (χ0v) is 11.1. The molecule has 0 unspecified atom stereocenters. The van der Waals surface area contributed by atoms with E-state index in [2.05, 4.69) is 41.7 Å². The first-order valence-electron chi connectivity index (χ1n) is 7.09. The van der Waals surface area contributed by atoms with E-state index < -0.39 is 0 Å². The molecule has 0 bridgehead atoms. The van der Waals surface area contributed by atoms with E-state index in [4.69, 9.17) is 0 Å². The third kappa shape index (κ3) is 1.98. The minimum Gasteiger partial charge on any atom is -0.387 e. The molecule has 0 atom stereocenters. The predicted octanol–water partition coefficient (Wildman–Crippen LogP) is 4.93. The number of hydrogen-bond donors (Lipinski definition) is 1. The van der Waals surface area contributed by atoms with Crippen molar-refractivity contribution in [1.82, 2.24) is 0 Å². The van der Waals surface area contributed by atoms with Crippen molar-refractivity contribution in [3.05, 3.63) is 42.0 Å². The van der Waals surface area contributed by atoms with Crippen molar-refractivity contribution in [2.45, 2.75) is 38.0 Å². The third-order valence-electron chi connectivity index (χ3n) is 4.26. The molecule has 1 aliphatic rings. The molecule has 1 heteroatoms. The highest BCUT2D eigenvalue weighted by Crippen LogP contribution is 2.39. The largest absolute Gasteiger partial charge is 0.387 e. The fourth-order valence-corrected chi connectivity index (χ4v) is 3.32. The second kappa shape index (κ2) is 5.01. The SMILES string of the molecule is CNc1c(C2CCCCC2)ccc2ccccc12. The highest BCUT2D eigenvalue weighted by molar-refractivity contribution is 5.95. The molecule has 94 valence electrons. The van der Waals surface area contributed by atoms with Crippen molar-refractivity contribution >= 4 is 16.5 Å². The second-order valence-corrected chi connectivity index (χ2v) is 5.34. The monoisotopic (exact) mass is 239 g/mol. The van der Waals surface area contributed by atoms with Crippen molar-refractivity contribution in [3.63, 3.8) is 0 Å². The molecule has 18 heavy (non-hydrogen) atoms. The van der Waals surface area contributed by atoms with Gasteiger partial charge in [0.25, 0.3) is 0 Å². The molecule has 0 saturated heterocycles. The Morgan fingerprint density at radius 1 is 0.944 bits per heavy atom. The van der Waals surface area contributed by atoms with Crippen LogP contribution in [0.3, 0.4) is 0 Å². The van der Waals surface area contributed by atoms with Gasteiger partial charge in [-0.3, -0.25) is 0 Å². The van der Waals surface area contributed by atoms with Crippen molar-refractivity contribution in [1.29, 1.82) is 0 Å². The van der Waals surface area contributed by atoms with Gasteiger partial charge in [0.15, 0.2) is 0 Å². The number of hydrogen-bond acceptors (Lipinski definition) is 1. The van der Waals surface area contributed by atoms with E-state index in [0.717, 1.165) is 5.92 Å². The van der Waals surface area contributed by atoms with E-state index >= 15 is 0 Å². The summed E-state index contributed by atoms with van der Waals surface area (Å²) in [5.41, 5.74) is 2.87. The zero-order valence-electron chi connectivity index (χ0n) is 11.1. The van der Waals surface area contributed by atoms with Crippen LogP contribution >= 0.6 is 0 Å². The summed E-state index contributed by atoms with van der Waals surface area (Å²) in [7, 11) is 2.05. The molecule has 2 aromatic carbocycles. The maximum absolute atomic E-state index is 3.44. The average Bonchev–Trinajstić information content (AvgIpc) is 2.47. The highest BCUT2D eigenvalue weighted by atomic mass is 14.8. The number of anilines is 1. The molecule has 1 nitrogen and oxygen atoms in total. The highest BCUT2D eigenvalue weighted by Gasteiger charge is 2.19. The van der Waals surface area contributed by atoms with Crippen LogP contribution in [0.4, 0.5) is 5.69 Å². The van der Waals surface area contributed by atoms with E-state index in [0.29, 0.717) is 0 Å². The molecule has 3 rings (SSSR count). The molecule has 0 amide bonds. The van der Waals surface area contributed by atoms with E-state index in [1.54, 1.807) is 0 Å². The minimum absolute atomic E-state index is 0.755. The summed E-state index contributed by atoms with van der Waals surface area (Å²) < 4.78 is 0. The maximum atomic E-state index is 3.44. The Morgan fingerprint density at radius 2 is 1.72 bits per heavy atom. The van der Waals surface area contributed by atoms with E-state index in [9.17, 15) is 0 Å². The Kier molecular flexibility index (Phi) is 3.22. The van der Waals surface area contributed by atoms with Crippen LogP contribution in [0.2, 0.25) is 0 Å². The Bertz CT molecular complexity index is 538. The minimum atomic E-state index is 0.755. The van der Waals surface area contributed by atoms with Crippen LogP contribution in [0.1, 0.15) is 43.6 Å². The first-order valence-corrected chi connectivity index (χ1v) is 7.09. The first-order chi connectivity index (χ1) is 8.90. The molecule has 0 aromatic heterocycles. The van der Waals surface area contributed by atoms with Crippen LogP contribution in [-0.2, 0) is 0 Å². The Labute approximate surface area is 109 Å². The summed E-state index contributed by atoms with van der Waals surface area (Å²) in [5, 5.41) is 6.13. The average molecular weight is 239 g/mol. The molecule has 1 aliphatic carbocycles. The van der Waals surface area contributed by atoms with Gasteiger partial charge in [-0.15, -0.1) is 0 Å². The number of benzene rings is 2. The normalized spacial score (nSPS) is 16.9. The maximum Gasteiger partial charge on any atom is 0.0452 e. The Balaban J connectivity index is 2.10.